The molecule has 2 aromatic rings. The Morgan fingerprint density at radius 2 is 2.25 bits per heavy atom. The minimum atomic E-state index is 0.496. The van der Waals surface area contributed by atoms with Crippen molar-refractivity contribution in [1.29, 1.82) is 0 Å². The molecule has 6 heteroatoms. The first-order valence-corrected chi connectivity index (χ1v) is 6.87. The van der Waals surface area contributed by atoms with Crippen LogP contribution in [0.1, 0.15) is 30.7 Å². The Hall–Kier alpha value is -2.24. The van der Waals surface area contributed by atoms with Crippen LogP contribution in [0.4, 0.5) is 0 Å². The third-order valence-corrected chi connectivity index (χ3v) is 3.42. The summed E-state index contributed by atoms with van der Waals surface area (Å²) < 4.78 is 3.44. The van der Waals surface area contributed by atoms with Crippen molar-refractivity contribution >= 4 is 6.21 Å². The topological polar surface area (TPSA) is 60.9 Å². The highest BCUT2D eigenvalue weighted by molar-refractivity contribution is 5.61. The molecule has 2 aromatic heterocycles. The fourth-order valence-electron chi connectivity index (χ4n) is 2.39. The molecule has 0 aliphatic heterocycles. The van der Waals surface area contributed by atoms with E-state index in [0.717, 1.165) is 30.7 Å². The molecule has 0 spiro atoms. The van der Waals surface area contributed by atoms with Crippen LogP contribution in [0.5, 0.6) is 0 Å². The minimum Gasteiger partial charge on any atom is -0.202 e. The Morgan fingerprint density at radius 3 is 2.95 bits per heavy atom. The zero-order chi connectivity index (χ0) is 13.9. The van der Waals surface area contributed by atoms with Gasteiger partial charge in [-0.1, -0.05) is 12.2 Å². The Bertz CT molecular complexity index is 648. The van der Waals surface area contributed by atoms with E-state index in [1.165, 1.54) is 0 Å². The van der Waals surface area contributed by atoms with Gasteiger partial charge in [-0.15, -0.1) is 10.2 Å². The van der Waals surface area contributed by atoms with E-state index in [1.54, 1.807) is 15.7 Å². The van der Waals surface area contributed by atoms with Crippen LogP contribution in [0.3, 0.4) is 0 Å². The van der Waals surface area contributed by atoms with E-state index in [1.807, 2.05) is 26.1 Å². The standard InChI is InChI=1S/C14H18N6/c1-11-8-12(2)20(18-11)14-17-15-10-19(14)16-9-13-6-4-3-5-7-13/h3-4,8-10,13H,5-7H2,1-2H3/b16-9-/t13-/m0/s1. The summed E-state index contributed by atoms with van der Waals surface area (Å²) in [6.45, 7) is 3.95. The van der Waals surface area contributed by atoms with Crippen LogP contribution in [-0.4, -0.2) is 30.9 Å². The quantitative estimate of drug-likeness (QED) is 0.635. The fraction of sp³-hybridized carbons (Fsp3) is 0.429. The van der Waals surface area contributed by atoms with Crippen LogP contribution in [0.15, 0.2) is 29.6 Å². The highest BCUT2D eigenvalue weighted by Crippen LogP contribution is 2.16. The van der Waals surface area contributed by atoms with E-state index in [2.05, 4.69) is 32.5 Å². The van der Waals surface area contributed by atoms with E-state index in [-0.39, 0.29) is 0 Å². The van der Waals surface area contributed by atoms with Gasteiger partial charge in [0.05, 0.1) is 5.69 Å². The van der Waals surface area contributed by atoms with Gasteiger partial charge in [-0.2, -0.15) is 14.9 Å². The summed E-state index contributed by atoms with van der Waals surface area (Å²) in [6.07, 6.45) is 11.4. The van der Waals surface area contributed by atoms with Crippen molar-refractivity contribution in [3.8, 4) is 5.95 Å². The third kappa shape index (κ3) is 2.54. The maximum absolute atomic E-state index is 4.49. The van der Waals surface area contributed by atoms with E-state index in [9.17, 15) is 0 Å². The molecular weight excluding hydrogens is 252 g/mol. The van der Waals surface area contributed by atoms with Crippen molar-refractivity contribution in [2.45, 2.75) is 33.1 Å². The second-order valence-electron chi connectivity index (χ2n) is 5.12. The minimum absolute atomic E-state index is 0.496. The van der Waals surface area contributed by atoms with Gasteiger partial charge in [-0.3, -0.25) is 0 Å². The van der Waals surface area contributed by atoms with E-state index in [0.29, 0.717) is 11.9 Å². The number of allylic oxidation sites excluding steroid dienone is 2. The Labute approximate surface area is 117 Å². The first-order valence-electron chi connectivity index (χ1n) is 6.87. The van der Waals surface area contributed by atoms with Gasteiger partial charge in [0, 0.05) is 11.9 Å². The molecule has 1 aliphatic rings. The van der Waals surface area contributed by atoms with Crippen molar-refractivity contribution in [1.82, 2.24) is 24.7 Å². The molecule has 104 valence electrons. The predicted octanol–water partition coefficient (Wildman–Crippen LogP) is 2.27. The lowest BCUT2D eigenvalue weighted by Gasteiger charge is -2.12. The van der Waals surface area contributed by atoms with Gasteiger partial charge < -0.3 is 0 Å². The average molecular weight is 270 g/mol. The van der Waals surface area contributed by atoms with Gasteiger partial charge in [-0.05, 0) is 45.1 Å². The maximum Gasteiger partial charge on any atom is 0.273 e. The molecule has 0 radical (unpaired) electrons. The monoisotopic (exact) mass is 270 g/mol. The number of aromatic nitrogens is 5. The van der Waals surface area contributed by atoms with Crippen molar-refractivity contribution in [3.05, 3.63) is 35.9 Å². The molecule has 0 amide bonds. The van der Waals surface area contributed by atoms with Gasteiger partial charge in [-0.25, -0.2) is 4.68 Å². The van der Waals surface area contributed by atoms with Crippen LogP contribution in [0.25, 0.3) is 5.95 Å². The summed E-state index contributed by atoms with van der Waals surface area (Å²) in [5, 5.41) is 17.0. The number of hydrogen-bond donors (Lipinski definition) is 0. The smallest absolute Gasteiger partial charge is 0.202 e. The molecule has 0 unspecified atom stereocenters. The van der Waals surface area contributed by atoms with Crippen LogP contribution in [-0.2, 0) is 0 Å². The zero-order valence-corrected chi connectivity index (χ0v) is 11.8. The van der Waals surface area contributed by atoms with E-state index in [4.69, 9.17) is 0 Å². The maximum atomic E-state index is 4.49. The molecule has 2 heterocycles. The molecule has 0 aromatic carbocycles. The molecular formula is C14H18N6. The van der Waals surface area contributed by atoms with Crippen molar-refractivity contribution < 1.29 is 0 Å². The molecule has 20 heavy (non-hydrogen) atoms. The molecule has 0 N–H and O–H groups in total. The summed E-state index contributed by atoms with van der Waals surface area (Å²) in [7, 11) is 0. The fourth-order valence-corrected chi connectivity index (χ4v) is 2.39. The van der Waals surface area contributed by atoms with Crippen LogP contribution < -0.4 is 0 Å². The number of hydrogen-bond acceptors (Lipinski definition) is 4. The highest BCUT2D eigenvalue weighted by atomic mass is 15.5. The predicted molar refractivity (Wildman–Crippen MR) is 77.0 cm³/mol. The van der Waals surface area contributed by atoms with Gasteiger partial charge in [0.2, 0.25) is 0 Å². The zero-order valence-electron chi connectivity index (χ0n) is 11.8. The Balaban J connectivity index is 1.85. The Morgan fingerprint density at radius 1 is 1.35 bits per heavy atom. The second-order valence-corrected chi connectivity index (χ2v) is 5.12. The average Bonchev–Trinajstić information content (AvgIpc) is 3.03. The highest BCUT2D eigenvalue weighted by Gasteiger charge is 2.11. The molecule has 6 nitrogen and oxygen atoms in total. The lowest BCUT2D eigenvalue weighted by atomic mass is 9.96. The Kier molecular flexibility index (Phi) is 3.45. The van der Waals surface area contributed by atoms with E-state index < -0.39 is 0 Å². The summed E-state index contributed by atoms with van der Waals surface area (Å²) >= 11 is 0. The molecule has 0 saturated carbocycles. The van der Waals surface area contributed by atoms with Crippen LogP contribution in [0, 0.1) is 19.8 Å². The summed E-state index contributed by atoms with van der Waals surface area (Å²) in [6, 6.07) is 2.01. The molecule has 1 aliphatic carbocycles. The van der Waals surface area contributed by atoms with Crippen LogP contribution >= 0.6 is 0 Å². The third-order valence-electron chi connectivity index (χ3n) is 3.42. The molecule has 0 bridgehead atoms. The van der Waals surface area contributed by atoms with Crippen molar-refractivity contribution in [2.24, 2.45) is 11.0 Å². The van der Waals surface area contributed by atoms with Crippen molar-refractivity contribution in [2.75, 3.05) is 0 Å². The van der Waals surface area contributed by atoms with Gasteiger partial charge in [0.25, 0.3) is 5.95 Å². The lowest BCUT2D eigenvalue weighted by Crippen LogP contribution is -2.09. The number of aryl methyl sites for hydroxylation is 2. The van der Waals surface area contributed by atoms with Gasteiger partial charge in [0.1, 0.15) is 6.33 Å². The number of nitrogens with zero attached hydrogens (tertiary/aromatic N) is 6. The first kappa shape index (κ1) is 12.8. The van der Waals surface area contributed by atoms with Crippen LogP contribution in [0.2, 0.25) is 0 Å². The second kappa shape index (κ2) is 5.40. The van der Waals surface area contributed by atoms with Gasteiger partial charge >= 0.3 is 0 Å². The van der Waals surface area contributed by atoms with Crippen molar-refractivity contribution in [3.63, 3.8) is 0 Å². The van der Waals surface area contributed by atoms with E-state index >= 15 is 0 Å². The molecule has 3 rings (SSSR count). The lowest BCUT2D eigenvalue weighted by molar-refractivity contribution is 0.619. The number of rotatable bonds is 3. The SMILES string of the molecule is Cc1cc(C)n(-c2nncn2/N=C\[C@H]2CC=CCC2)n1. The molecule has 1 atom stereocenters. The molecule has 0 fully saturated rings. The first-order chi connectivity index (χ1) is 9.74. The summed E-state index contributed by atoms with van der Waals surface area (Å²) in [5.41, 5.74) is 1.98. The summed E-state index contributed by atoms with van der Waals surface area (Å²) in [5.74, 6) is 1.12. The van der Waals surface area contributed by atoms with Gasteiger partial charge in [0.15, 0.2) is 0 Å². The molecule has 0 saturated heterocycles. The summed E-state index contributed by atoms with van der Waals surface area (Å²) in [4.78, 5) is 0. The normalized spacial score (nSPS) is 19.0. The largest absolute Gasteiger partial charge is 0.273 e.